The lowest BCUT2D eigenvalue weighted by atomic mass is 10.1. The molecule has 0 bridgehead atoms. The minimum Gasteiger partial charge on any atom is -0.344 e. The molecule has 1 aromatic heterocycles. The molecular formula is C16H17Cl3N2O2. The molecule has 1 aromatic carbocycles. The number of carbonyl (C=O) groups excluding carboxylic acids is 1. The van der Waals surface area contributed by atoms with Gasteiger partial charge in [0.05, 0.1) is 11.7 Å². The molecule has 1 amide bonds. The van der Waals surface area contributed by atoms with Crippen molar-refractivity contribution in [1.82, 2.24) is 10.1 Å². The first kappa shape index (κ1) is 18.1. The van der Waals surface area contributed by atoms with Gasteiger partial charge in [0, 0.05) is 29.1 Å². The lowest BCUT2D eigenvalue weighted by Crippen LogP contribution is -2.30. The van der Waals surface area contributed by atoms with E-state index in [2.05, 4.69) is 5.16 Å². The number of nitrogens with zero attached hydrogens (tertiary/aromatic N) is 2. The fourth-order valence-electron chi connectivity index (χ4n) is 2.31. The zero-order chi connectivity index (χ0) is 17.1. The lowest BCUT2D eigenvalue weighted by molar-refractivity contribution is -0.131. The minimum atomic E-state index is -0.161. The van der Waals surface area contributed by atoms with Gasteiger partial charge in [-0.2, -0.15) is 0 Å². The van der Waals surface area contributed by atoms with Gasteiger partial charge in [0.25, 0.3) is 0 Å². The van der Waals surface area contributed by atoms with Crippen LogP contribution in [0.3, 0.4) is 0 Å². The van der Waals surface area contributed by atoms with Gasteiger partial charge in [-0.1, -0.05) is 34.4 Å². The van der Waals surface area contributed by atoms with Crippen LogP contribution in [0.25, 0.3) is 0 Å². The predicted molar refractivity (Wildman–Crippen MR) is 92.2 cm³/mol. The molecule has 0 fully saturated rings. The summed E-state index contributed by atoms with van der Waals surface area (Å²) in [6.45, 7) is 3.72. The summed E-state index contributed by atoms with van der Waals surface area (Å²) in [5, 5.41) is 5.13. The van der Waals surface area contributed by atoms with Crippen LogP contribution < -0.4 is 0 Å². The smallest absolute Gasteiger partial charge is 0.229 e. The van der Waals surface area contributed by atoms with Crippen molar-refractivity contribution in [1.29, 1.82) is 0 Å². The molecule has 124 valence electrons. The average molecular weight is 376 g/mol. The highest BCUT2D eigenvalue weighted by Gasteiger charge is 2.21. The van der Waals surface area contributed by atoms with Gasteiger partial charge in [-0.25, -0.2) is 0 Å². The molecule has 1 heterocycles. The Morgan fingerprint density at radius 1 is 1.35 bits per heavy atom. The van der Waals surface area contributed by atoms with Gasteiger partial charge in [-0.05, 0) is 49.6 Å². The Morgan fingerprint density at radius 2 is 2.04 bits per heavy atom. The Kier molecular flexibility index (Phi) is 5.95. The van der Waals surface area contributed by atoms with Crippen molar-refractivity contribution < 1.29 is 9.32 Å². The first-order valence-corrected chi connectivity index (χ1v) is 8.26. The molecule has 0 N–H and O–H groups in total. The van der Waals surface area contributed by atoms with E-state index < -0.39 is 0 Å². The van der Waals surface area contributed by atoms with Crippen LogP contribution in [0.4, 0.5) is 0 Å². The van der Waals surface area contributed by atoms with Gasteiger partial charge >= 0.3 is 0 Å². The molecule has 0 saturated heterocycles. The third-order valence-corrected chi connectivity index (χ3v) is 4.77. The van der Waals surface area contributed by atoms with Crippen molar-refractivity contribution in [2.24, 2.45) is 0 Å². The van der Waals surface area contributed by atoms with Gasteiger partial charge in [0.2, 0.25) is 11.1 Å². The summed E-state index contributed by atoms with van der Waals surface area (Å²) < 4.78 is 4.89. The molecule has 0 aliphatic heterocycles. The van der Waals surface area contributed by atoms with Crippen LogP contribution in [0.15, 0.2) is 22.7 Å². The van der Waals surface area contributed by atoms with E-state index in [1.54, 1.807) is 31.0 Å². The molecule has 0 aliphatic rings. The third-order valence-electron chi connectivity index (χ3n) is 3.91. The number of benzene rings is 1. The van der Waals surface area contributed by atoms with Crippen LogP contribution in [0.5, 0.6) is 0 Å². The number of rotatable bonds is 5. The number of amides is 1. The van der Waals surface area contributed by atoms with Crippen LogP contribution in [-0.4, -0.2) is 23.0 Å². The maximum Gasteiger partial charge on any atom is 0.229 e. The Morgan fingerprint density at radius 3 is 2.61 bits per heavy atom. The highest BCUT2D eigenvalue weighted by atomic mass is 35.5. The van der Waals surface area contributed by atoms with E-state index in [0.717, 1.165) is 11.1 Å². The minimum absolute atomic E-state index is 0.0137. The first-order valence-electron chi connectivity index (χ1n) is 7.12. The van der Waals surface area contributed by atoms with E-state index in [1.165, 1.54) is 0 Å². The second-order valence-electron chi connectivity index (χ2n) is 5.37. The number of aryl methyl sites for hydroxylation is 1. The number of carbonyl (C=O) groups is 1. The van der Waals surface area contributed by atoms with E-state index in [9.17, 15) is 4.79 Å². The number of aromatic nitrogens is 1. The monoisotopic (exact) mass is 374 g/mol. The van der Waals surface area contributed by atoms with Gasteiger partial charge < -0.3 is 9.42 Å². The summed E-state index contributed by atoms with van der Waals surface area (Å²) in [5.74, 6) is -0.0137. The molecular weight excluding hydrogens is 359 g/mol. The fourth-order valence-corrected chi connectivity index (χ4v) is 3.15. The molecule has 1 unspecified atom stereocenters. The van der Waals surface area contributed by atoms with Gasteiger partial charge in [0.15, 0.2) is 0 Å². The van der Waals surface area contributed by atoms with Crippen LogP contribution in [0.1, 0.15) is 36.2 Å². The molecule has 4 nitrogen and oxygen atoms in total. The number of hydrogen-bond acceptors (Lipinski definition) is 3. The second kappa shape index (κ2) is 7.56. The Labute approximate surface area is 150 Å². The van der Waals surface area contributed by atoms with E-state index in [1.807, 2.05) is 13.0 Å². The molecule has 0 saturated carbocycles. The molecule has 1 atom stereocenters. The Hall–Kier alpha value is -1.23. The molecule has 0 radical (unpaired) electrons. The van der Waals surface area contributed by atoms with Crippen molar-refractivity contribution in [3.63, 3.8) is 0 Å². The predicted octanol–water partition coefficient (Wildman–Crippen LogP) is 5.10. The molecule has 2 rings (SSSR count). The van der Waals surface area contributed by atoms with Crippen molar-refractivity contribution in [2.45, 2.75) is 32.7 Å². The molecule has 23 heavy (non-hydrogen) atoms. The zero-order valence-electron chi connectivity index (χ0n) is 13.1. The van der Waals surface area contributed by atoms with Crippen LogP contribution in [0, 0.1) is 6.92 Å². The normalized spacial score (nSPS) is 12.3. The van der Waals surface area contributed by atoms with Crippen molar-refractivity contribution in [3.05, 3.63) is 50.3 Å². The maximum absolute atomic E-state index is 12.4. The summed E-state index contributed by atoms with van der Waals surface area (Å²) in [7, 11) is 1.75. The SMILES string of the molecule is Cc1noc(Cl)c1CCC(=O)N(C)C(C)c1ccc(Cl)cc1Cl. The van der Waals surface area contributed by atoms with E-state index in [0.29, 0.717) is 28.6 Å². The van der Waals surface area contributed by atoms with Gasteiger partial charge in [-0.15, -0.1) is 0 Å². The van der Waals surface area contributed by atoms with E-state index in [4.69, 9.17) is 39.3 Å². The molecule has 2 aromatic rings. The highest BCUT2D eigenvalue weighted by molar-refractivity contribution is 6.35. The van der Waals surface area contributed by atoms with Crippen LogP contribution >= 0.6 is 34.8 Å². The zero-order valence-corrected chi connectivity index (χ0v) is 15.3. The largest absolute Gasteiger partial charge is 0.344 e. The topological polar surface area (TPSA) is 46.3 Å². The van der Waals surface area contributed by atoms with Crippen LogP contribution in [-0.2, 0) is 11.2 Å². The molecule has 7 heteroatoms. The molecule has 0 spiro atoms. The fraction of sp³-hybridized carbons (Fsp3) is 0.375. The molecule has 0 aliphatic carbocycles. The number of hydrogen-bond donors (Lipinski definition) is 0. The summed E-state index contributed by atoms with van der Waals surface area (Å²) in [6, 6.07) is 5.11. The first-order chi connectivity index (χ1) is 10.8. The van der Waals surface area contributed by atoms with Crippen LogP contribution in [0.2, 0.25) is 15.3 Å². The van der Waals surface area contributed by atoms with E-state index in [-0.39, 0.29) is 17.2 Å². The maximum atomic E-state index is 12.4. The summed E-state index contributed by atoms with van der Waals surface area (Å²) in [5.41, 5.74) is 2.33. The average Bonchev–Trinajstić information content (AvgIpc) is 2.82. The Bertz CT molecular complexity index is 696. The van der Waals surface area contributed by atoms with Gasteiger partial charge in [0.1, 0.15) is 0 Å². The standard InChI is InChI=1S/C16H17Cl3N2O2/c1-9-12(16(19)23-20-9)6-7-15(22)21(3)10(2)13-5-4-11(17)8-14(13)18/h4-5,8,10H,6-7H2,1-3H3. The highest BCUT2D eigenvalue weighted by Crippen LogP contribution is 2.29. The van der Waals surface area contributed by atoms with Crippen molar-refractivity contribution in [2.75, 3.05) is 7.05 Å². The van der Waals surface area contributed by atoms with Crippen molar-refractivity contribution in [3.8, 4) is 0 Å². The summed E-state index contributed by atoms with van der Waals surface area (Å²) in [4.78, 5) is 14.1. The summed E-state index contributed by atoms with van der Waals surface area (Å²) >= 11 is 18.0. The third kappa shape index (κ3) is 4.19. The Balaban J connectivity index is 2.04. The van der Waals surface area contributed by atoms with Gasteiger partial charge in [-0.3, -0.25) is 4.79 Å². The van der Waals surface area contributed by atoms with E-state index >= 15 is 0 Å². The number of halogens is 3. The lowest BCUT2D eigenvalue weighted by Gasteiger charge is -2.26. The quantitative estimate of drug-likeness (QED) is 0.730. The second-order valence-corrected chi connectivity index (χ2v) is 6.55. The van der Waals surface area contributed by atoms with Crippen molar-refractivity contribution >= 4 is 40.7 Å². The summed E-state index contributed by atoms with van der Waals surface area (Å²) in [6.07, 6.45) is 0.798.